The van der Waals surface area contributed by atoms with Gasteiger partial charge in [-0.05, 0) is 44.8 Å². The number of guanidine groups is 1. The highest BCUT2D eigenvalue weighted by Gasteiger charge is 2.38. The minimum atomic E-state index is -5.08. The van der Waals surface area contributed by atoms with Crippen molar-refractivity contribution in [3.05, 3.63) is 35.9 Å². The molecule has 1 aromatic carbocycles. The van der Waals surface area contributed by atoms with Crippen LogP contribution >= 0.6 is 0 Å². The number of carbonyl (C=O) groups is 5. The van der Waals surface area contributed by atoms with E-state index in [0.717, 1.165) is 18.2 Å². The predicted molar refractivity (Wildman–Crippen MR) is 166 cm³/mol. The summed E-state index contributed by atoms with van der Waals surface area (Å²) in [5.74, 6) is -7.53. The van der Waals surface area contributed by atoms with E-state index < -0.39 is 52.1 Å². The number of nitrogens with two attached hydrogens (primary N) is 2. The van der Waals surface area contributed by atoms with Crippen LogP contribution in [-0.2, 0) is 40.2 Å². The number of aldehydes is 1. The first-order valence-electron chi connectivity index (χ1n) is 13.6. The Kier molecular flexibility index (Phi) is 29.6. The van der Waals surface area contributed by atoms with Gasteiger partial charge in [-0.2, -0.15) is 26.3 Å². The fourth-order valence-corrected chi connectivity index (χ4v) is 3.12. The molecule has 0 aliphatic heterocycles. The zero-order valence-electron chi connectivity index (χ0n) is 26.8. The molecule has 0 amide bonds. The lowest BCUT2D eigenvalue weighted by Crippen LogP contribution is -2.39. The summed E-state index contributed by atoms with van der Waals surface area (Å²) < 4.78 is 85.5. The maximum absolute atomic E-state index is 11.0. The summed E-state index contributed by atoms with van der Waals surface area (Å²) in [6.07, 6.45) is -6.17. The Balaban J connectivity index is -0.000000290. The highest BCUT2D eigenvalue weighted by molar-refractivity contribution is 7.90. The molecule has 0 saturated carbocycles. The Labute approximate surface area is 282 Å². The number of benzene rings is 1. The Morgan fingerprint density at radius 2 is 1.38 bits per heavy atom. The second-order valence-electron chi connectivity index (χ2n) is 9.31. The highest BCUT2D eigenvalue weighted by Crippen LogP contribution is 2.13. The smallest absolute Gasteiger partial charge is 0.480 e. The third kappa shape index (κ3) is 41.5. The first kappa shape index (κ1) is 52.3. The van der Waals surface area contributed by atoms with Crippen molar-refractivity contribution in [3.8, 4) is 0 Å². The van der Waals surface area contributed by atoms with Crippen LogP contribution < -0.4 is 27.4 Å². The molecule has 0 fully saturated rings. The third-order valence-electron chi connectivity index (χ3n) is 4.74. The molecule has 0 aliphatic rings. The number of hydrogen-bond donors (Lipinski definition) is 10. The second-order valence-corrected chi connectivity index (χ2v) is 11.6. The molecule has 0 saturated heterocycles. The Morgan fingerprint density at radius 1 is 0.920 bits per heavy atom. The fraction of sp³-hybridized carbons (Fsp3) is 0.538. The van der Waals surface area contributed by atoms with Gasteiger partial charge in [0, 0.05) is 12.8 Å². The predicted octanol–water partition coefficient (Wildman–Crippen LogP) is 0.0395. The van der Waals surface area contributed by atoms with E-state index in [9.17, 15) is 49.1 Å². The van der Waals surface area contributed by atoms with Gasteiger partial charge >= 0.3 is 36.2 Å². The van der Waals surface area contributed by atoms with E-state index in [1.807, 2.05) is 30.3 Å². The van der Waals surface area contributed by atoms with Crippen molar-refractivity contribution in [2.24, 2.45) is 11.5 Å². The van der Waals surface area contributed by atoms with E-state index in [1.165, 1.54) is 0 Å². The van der Waals surface area contributed by atoms with Gasteiger partial charge in [0.1, 0.15) is 22.2 Å². The van der Waals surface area contributed by atoms with Crippen LogP contribution in [0, 0.1) is 5.41 Å². The van der Waals surface area contributed by atoms with Gasteiger partial charge in [0.15, 0.2) is 5.96 Å². The van der Waals surface area contributed by atoms with Crippen molar-refractivity contribution in [2.45, 2.75) is 50.1 Å². The Morgan fingerprint density at radius 3 is 1.68 bits per heavy atom. The van der Waals surface area contributed by atoms with E-state index in [2.05, 4.69) is 16.0 Å². The molecule has 50 heavy (non-hydrogen) atoms. The average molecular weight is 761 g/mol. The van der Waals surface area contributed by atoms with Crippen molar-refractivity contribution >= 4 is 46.0 Å². The topological polar surface area (TPSA) is 312 Å². The van der Waals surface area contributed by atoms with Gasteiger partial charge in [-0.1, -0.05) is 30.3 Å². The molecule has 1 aromatic rings. The normalized spacial score (nSPS) is 11.8. The molecule has 0 bridgehead atoms. The number of carbonyl (C=O) groups excluding carboxylic acids is 1. The molecule has 12 N–H and O–H groups in total. The second kappa shape index (κ2) is 28.3. The van der Waals surface area contributed by atoms with Crippen LogP contribution in [0.3, 0.4) is 0 Å². The number of rotatable bonds is 15. The number of carboxylic acids is 4. The molecule has 0 aliphatic carbocycles. The SMILES string of the molecule is CNCC(=O)O.CS(=O)(=O)CC[C@H](NCCc1ccccc1)C(=O)O.N=C(N)NCCC[C@H](N)C=O.O=C(O)C(F)(F)F.O=C(O)C(F)(F)F. The van der Waals surface area contributed by atoms with Crippen LogP contribution in [0.1, 0.15) is 24.8 Å². The first-order chi connectivity index (χ1) is 22.7. The van der Waals surface area contributed by atoms with Gasteiger partial charge in [0.2, 0.25) is 0 Å². The summed E-state index contributed by atoms with van der Waals surface area (Å²) in [5.41, 5.74) is 11.4. The number of halogens is 6. The van der Waals surface area contributed by atoms with Crippen LogP contribution in [0.5, 0.6) is 0 Å². The van der Waals surface area contributed by atoms with Gasteiger partial charge in [-0.25, -0.2) is 18.0 Å². The molecule has 24 heteroatoms. The minimum absolute atomic E-state index is 0.0417. The Bertz CT molecular complexity index is 1230. The lowest BCUT2D eigenvalue weighted by atomic mass is 10.1. The van der Waals surface area contributed by atoms with Gasteiger partial charge in [0.05, 0.1) is 18.3 Å². The van der Waals surface area contributed by atoms with Gasteiger partial charge in [0.25, 0.3) is 0 Å². The molecule has 0 unspecified atom stereocenters. The largest absolute Gasteiger partial charge is 0.490 e. The molecule has 290 valence electrons. The number of aliphatic carboxylic acids is 4. The fourth-order valence-electron chi connectivity index (χ4n) is 2.46. The van der Waals surface area contributed by atoms with Gasteiger partial charge < -0.3 is 52.6 Å². The number of alkyl halides is 6. The summed E-state index contributed by atoms with van der Waals surface area (Å²) in [4.78, 5) is 48.4. The molecule has 1 rings (SSSR count). The van der Waals surface area contributed by atoms with E-state index in [-0.39, 0.29) is 30.7 Å². The quantitative estimate of drug-likeness (QED) is 0.0371. The molecular formula is C26H42F6N6O11S. The molecule has 0 spiro atoms. The van der Waals surface area contributed by atoms with Crippen LogP contribution in [0.2, 0.25) is 0 Å². The lowest BCUT2D eigenvalue weighted by molar-refractivity contribution is -0.193. The summed E-state index contributed by atoms with van der Waals surface area (Å²) in [6, 6.07) is 8.49. The van der Waals surface area contributed by atoms with E-state index >= 15 is 0 Å². The molecule has 2 atom stereocenters. The van der Waals surface area contributed by atoms with Crippen LogP contribution in [0.4, 0.5) is 26.3 Å². The van der Waals surface area contributed by atoms with Crippen LogP contribution in [0.25, 0.3) is 0 Å². The van der Waals surface area contributed by atoms with Gasteiger partial charge in [-0.15, -0.1) is 0 Å². The maximum atomic E-state index is 11.0. The minimum Gasteiger partial charge on any atom is -0.480 e. The van der Waals surface area contributed by atoms with Crippen molar-refractivity contribution in [1.82, 2.24) is 16.0 Å². The van der Waals surface area contributed by atoms with Crippen molar-refractivity contribution < 1.29 is 79.2 Å². The average Bonchev–Trinajstić information content (AvgIpc) is 2.97. The summed E-state index contributed by atoms with van der Waals surface area (Å²) in [6.45, 7) is 1.14. The summed E-state index contributed by atoms with van der Waals surface area (Å²) in [5, 5.41) is 45.9. The Hall–Kier alpha value is -4.55. The molecule has 17 nitrogen and oxygen atoms in total. The lowest BCUT2D eigenvalue weighted by Gasteiger charge is -2.13. The number of likely N-dealkylation sites (N-methyl/N-ethyl adjacent to an activating group) is 1. The van der Waals surface area contributed by atoms with E-state index in [4.69, 9.17) is 46.9 Å². The number of nitrogens with one attached hydrogen (secondary N) is 4. The molecule has 0 aromatic heterocycles. The zero-order chi connectivity index (χ0) is 40.1. The van der Waals surface area contributed by atoms with Crippen LogP contribution in [0.15, 0.2) is 30.3 Å². The number of hydrogen-bond acceptors (Lipinski definition) is 11. The standard InChI is InChI=1S/C13H19NO4S.C6H14N4O.C3H7NO2.2C2HF3O2/c1-19(17,18)10-8-12(13(15)16)14-9-7-11-5-3-2-4-6-11;7-5(4-11)2-1-3-10-6(8)9;1-4-2-3(5)6;2*3-2(4,5)1(6)7/h2-6,12,14H,7-10H2,1H3,(H,15,16);4-5H,1-3,7H2,(H4,8,9,10);4H,2H2,1H3,(H,5,6);2*(H,6,7)/t12-;5-;;;/m00.../s1. The van der Waals surface area contributed by atoms with Crippen molar-refractivity contribution in [3.63, 3.8) is 0 Å². The van der Waals surface area contributed by atoms with Gasteiger partial charge in [-0.3, -0.25) is 15.0 Å². The molecular weight excluding hydrogens is 718 g/mol. The molecule has 0 heterocycles. The monoisotopic (exact) mass is 760 g/mol. The maximum Gasteiger partial charge on any atom is 0.490 e. The zero-order valence-corrected chi connectivity index (χ0v) is 27.6. The first-order valence-corrected chi connectivity index (χ1v) is 15.7. The van der Waals surface area contributed by atoms with E-state index in [1.54, 1.807) is 7.05 Å². The van der Waals surface area contributed by atoms with E-state index in [0.29, 0.717) is 32.2 Å². The van der Waals surface area contributed by atoms with Crippen LogP contribution in [-0.4, -0.2) is 128 Å². The molecule has 0 radical (unpaired) electrons. The summed E-state index contributed by atoms with van der Waals surface area (Å²) in [7, 11) is -1.54. The number of sulfone groups is 1. The number of carboxylic acid groups (broad SMARTS) is 4. The summed E-state index contributed by atoms with van der Waals surface area (Å²) >= 11 is 0. The van der Waals surface area contributed by atoms with Crippen molar-refractivity contribution in [1.29, 1.82) is 5.41 Å². The highest BCUT2D eigenvalue weighted by atomic mass is 32.2. The third-order valence-corrected chi connectivity index (χ3v) is 5.72. The van der Waals surface area contributed by atoms with Crippen molar-refractivity contribution in [2.75, 3.05) is 38.7 Å².